The van der Waals surface area contributed by atoms with Crippen LogP contribution in [0.15, 0.2) is 36.7 Å². The minimum Gasteiger partial charge on any atom is -0.396 e. The maximum Gasteiger partial charge on any atom is 0.227 e. The first-order valence-electron chi connectivity index (χ1n) is 4.63. The van der Waals surface area contributed by atoms with Crippen molar-refractivity contribution in [3.8, 4) is 6.07 Å². The topological polar surface area (TPSA) is 87.6 Å². The van der Waals surface area contributed by atoms with Gasteiger partial charge in [0.05, 0.1) is 29.3 Å². The Kier molecular flexibility index (Phi) is 2.65. The fraction of sp³-hybridized carbons (Fsp3) is 0. The predicted octanol–water partition coefficient (Wildman–Crippen LogP) is 1.67. The maximum atomic E-state index is 8.89. The van der Waals surface area contributed by atoms with Crippen molar-refractivity contribution in [2.45, 2.75) is 0 Å². The molecule has 0 saturated heterocycles. The van der Waals surface area contributed by atoms with Gasteiger partial charge in [-0.2, -0.15) is 5.26 Å². The summed E-state index contributed by atoms with van der Waals surface area (Å²) in [6, 6.07) is 9.23. The molecule has 3 N–H and O–H groups in total. The molecular formula is C11H9N5. The highest BCUT2D eigenvalue weighted by Crippen LogP contribution is 2.17. The maximum absolute atomic E-state index is 8.89. The highest BCUT2D eigenvalue weighted by atomic mass is 15.1. The van der Waals surface area contributed by atoms with E-state index in [0.717, 1.165) is 0 Å². The third-order valence-electron chi connectivity index (χ3n) is 1.97. The van der Waals surface area contributed by atoms with Gasteiger partial charge in [-0.15, -0.1) is 0 Å². The molecule has 0 radical (unpaired) electrons. The molecule has 0 saturated carbocycles. The lowest BCUT2D eigenvalue weighted by Crippen LogP contribution is -1.99. The van der Waals surface area contributed by atoms with E-state index in [1.165, 1.54) is 12.4 Å². The van der Waals surface area contributed by atoms with Crippen molar-refractivity contribution in [2.24, 2.45) is 0 Å². The van der Waals surface area contributed by atoms with Crippen LogP contribution in [0.1, 0.15) is 5.56 Å². The van der Waals surface area contributed by atoms with E-state index in [-0.39, 0.29) is 0 Å². The van der Waals surface area contributed by atoms with E-state index >= 15 is 0 Å². The molecule has 0 aliphatic heterocycles. The largest absolute Gasteiger partial charge is 0.396 e. The SMILES string of the molecule is N#Cc1ccccc1Nc1ncc(N)cn1. The van der Waals surface area contributed by atoms with Crippen molar-refractivity contribution in [3.63, 3.8) is 0 Å². The number of rotatable bonds is 2. The van der Waals surface area contributed by atoms with Gasteiger partial charge < -0.3 is 11.1 Å². The van der Waals surface area contributed by atoms with E-state index in [0.29, 0.717) is 22.9 Å². The van der Waals surface area contributed by atoms with Crippen LogP contribution in [0.2, 0.25) is 0 Å². The van der Waals surface area contributed by atoms with E-state index in [1.54, 1.807) is 18.2 Å². The zero-order chi connectivity index (χ0) is 11.4. The number of hydrogen-bond donors (Lipinski definition) is 2. The van der Waals surface area contributed by atoms with Crippen LogP contribution < -0.4 is 11.1 Å². The van der Waals surface area contributed by atoms with Crippen molar-refractivity contribution in [3.05, 3.63) is 42.2 Å². The van der Waals surface area contributed by atoms with Gasteiger partial charge in [-0.3, -0.25) is 0 Å². The summed E-state index contributed by atoms with van der Waals surface area (Å²) >= 11 is 0. The van der Waals surface area contributed by atoms with Crippen molar-refractivity contribution in [1.82, 2.24) is 9.97 Å². The zero-order valence-corrected chi connectivity index (χ0v) is 8.38. The van der Waals surface area contributed by atoms with Gasteiger partial charge in [0.25, 0.3) is 0 Å². The van der Waals surface area contributed by atoms with Crippen LogP contribution in [0.25, 0.3) is 0 Å². The zero-order valence-electron chi connectivity index (χ0n) is 8.38. The van der Waals surface area contributed by atoms with Gasteiger partial charge in [0.15, 0.2) is 0 Å². The number of anilines is 3. The molecule has 5 heteroatoms. The van der Waals surface area contributed by atoms with Crippen LogP contribution >= 0.6 is 0 Å². The van der Waals surface area contributed by atoms with E-state index in [4.69, 9.17) is 11.0 Å². The number of aromatic nitrogens is 2. The molecule has 0 fully saturated rings. The first kappa shape index (κ1) is 9.93. The van der Waals surface area contributed by atoms with Gasteiger partial charge in [-0.25, -0.2) is 9.97 Å². The van der Waals surface area contributed by atoms with E-state index in [2.05, 4.69) is 21.4 Å². The second kappa shape index (κ2) is 4.28. The Morgan fingerprint density at radius 3 is 2.56 bits per heavy atom. The van der Waals surface area contributed by atoms with Gasteiger partial charge in [0.1, 0.15) is 6.07 Å². The van der Waals surface area contributed by atoms with Crippen LogP contribution in [0.4, 0.5) is 17.3 Å². The normalized spacial score (nSPS) is 9.44. The third kappa shape index (κ3) is 2.07. The first-order valence-corrected chi connectivity index (χ1v) is 4.63. The number of nitrogens with zero attached hydrogens (tertiary/aromatic N) is 3. The van der Waals surface area contributed by atoms with Crippen LogP contribution in [-0.4, -0.2) is 9.97 Å². The molecule has 0 aliphatic carbocycles. The van der Waals surface area contributed by atoms with Gasteiger partial charge in [-0.1, -0.05) is 12.1 Å². The van der Waals surface area contributed by atoms with Crippen molar-refractivity contribution >= 4 is 17.3 Å². The molecule has 1 aromatic carbocycles. The van der Waals surface area contributed by atoms with Crippen molar-refractivity contribution in [2.75, 3.05) is 11.1 Å². The minimum absolute atomic E-state index is 0.414. The summed E-state index contributed by atoms with van der Waals surface area (Å²) < 4.78 is 0. The molecule has 0 atom stereocenters. The summed E-state index contributed by atoms with van der Waals surface area (Å²) in [6.45, 7) is 0. The fourth-order valence-electron chi connectivity index (χ4n) is 1.21. The van der Waals surface area contributed by atoms with E-state index in [9.17, 15) is 0 Å². The smallest absolute Gasteiger partial charge is 0.227 e. The summed E-state index contributed by atoms with van der Waals surface area (Å²) in [6.07, 6.45) is 3.01. The van der Waals surface area contributed by atoms with Crippen molar-refractivity contribution < 1.29 is 0 Å². The van der Waals surface area contributed by atoms with Crippen molar-refractivity contribution in [1.29, 1.82) is 5.26 Å². The molecule has 0 spiro atoms. The summed E-state index contributed by atoms with van der Waals surface area (Å²) in [5.74, 6) is 0.414. The number of nitriles is 1. The highest BCUT2D eigenvalue weighted by Gasteiger charge is 2.02. The highest BCUT2D eigenvalue weighted by molar-refractivity contribution is 5.62. The molecule has 0 bridgehead atoms. The molecule has 2 rings (SSSR count). The lowest BCUT2D eigenvalue weighted by atomic mass is 10.2. The second-order valence-electron chi connectivity index (χ2n) is 3.12. The van der Waals surface area contributed by atoms with Gasteiger partial charge in [-0.05, 0) is 12.1 Å². The quantitative estimate of drug-likeness (QED) is 0.788. The van der Waals surface area contributed by atoms with Crippen LogP contribution in [-0.2, 0) is 0 Å². The molecule has 0 unspecified atom stereocenters. The number of nitrogens with one attached hydrogen (secondary N) is 1. The third-order valence-corrected chi connectivity index (χ3v) is 1.97. The molecule has 1 heterocycles. The minimum atomic E-state index is 0.414. The Bertz CT molecular complexity index is 527. The van der Waals surface area contributed by atoms with Crippen LogP contribution in [0, 0.1) is 11.3 Å². The van der Waals surface area contributed by atoms with Gasteiger partial charge in [0.2, 0.25) is 5.95 Å². The summed E-state index contributed by atoms with van der Waals surface area (Å²) in [7, 11) is 0. The van der Waals surface area contributed by atoms with E-state index in [1.807, 2.05) is 6.07 Å². The second-order valence-corrected chi connectivity index (χ2v) is 3.12. The summed E-state index contributed by atoms with van der Waals surface area (Å²) in [5.41, 5.74) is 7.19. The van der Waals surface area contributed by atoms with Crippen LogP contribution in [0.3, 0.4) is 0 Å². The first-order chi connectivity index (χ1) is 7.79. The number of hydrogen-bond acceptors (Lipinski definition) is 5. The monoisotopic (exact) mass is 211 g/mol. The van der Waals surface area contributed by atoms with Crippen LogP contribution in [0.5, 0.6) is 0 Å². The average molecular weight is 211 g/mol. The summed E-state index contributed by atoms with van der Waals surface area (Å²) in [4.78, 5) is 7.98. The Morgan fingerprint density at radius 2 is 1.88 bits per heavy atom. The lowest BCUT2D eigenvalue weighted by Gasteiger charge is -2.05. The number of para-hydroxylation sites is 1. The Hall–Kier alpha value is -2.61. The fourth-order valence-corrected chi connectivity index (χ4v) is 1.21. The molecule has 1 aromatic heterocycles. The average Bonchev–Trinajstić information content (AvgIpc) is 2.33. The number of nitrogen functional groups attached to an aromatic ring is 1. The molecular weight excluding hydrogens is 202 g/mol. The molecule has 0 aliphatic rings. The molecule has 16 heavy (non-hydrogen) atoms. The number of benzene rings is 1. The van der Waals surface area contributed by atoms with Gasteiger partial charge in [0, 0.05) is 0 Å². The predicted molar refractivity (Wildman–Crippen MR) is 60.9 cm³/mol. The Morgan fingerprint density at radius 1 is 1.19 bits per heavy atom. The number of nitrogens with two attached hydrogens (primary N) is 1. The Balaban J connectivity index is 2.27. The van der Waals surface area contributed by atoms with E-state index < -0.39 is 0 Å². The lowest BCUT2D eigenvalue weighted by molar-refractivity contribution is 1.17. The molecule has 0 amide bonds. The Labute approximate surface area is 92.6 Å². The standard InChI is InChI=1S/C11H9N5/c12-5-8-3-1-2-4-10(8)16-11-14-6-9(13)7-15-11/h1-4,6-7H,13H2,(H,14,15,16). The molecule has 78 valence electrons. The summed E-state index contributed by atoms with van der Waals surface area (Å²) in [5, 5.41) is 11.8. The molecule has 2 aromatic rings. The van der Waals surface area contributed by atoms with Gasteiger partial charge >= 0.3 is 0 Å². The molecule has 5 nitrogen and oxygen atoms in total.